The van der Waals surface area contributed by atoms with Gasteiger partial charge in [0.05, 0.1) is 6.10 Å². The van der Waals surface area contributed by atoms with E-state index in [1.165, 1.54) is 11.3 Å². The highest BCUT2D eigenvalue weighted by Gasteiger charge is 2.17. The van der Waals surface area contributed by atoms with Crippen molar-refractivity contribution in [3.05, 3.63) is 29.8 Å². The molecule has 3 heteroatoms. The van der Waals surface area contributed by atoms with E-state index in [0.29, 0.717) is 18.0 Å². The van der Waals surface area contributed by atoms with Gasteiger partial charge < -0.3 is 15.3 Å². The molecule has 1 aromatic carbocycles. The molecule has 2 unspecified atom stereocenters. The number of rotatable bonds is 5. The first-order valence-electron chi connectivity index (χ1n) is 8.26. The minimum atomic E-state index is -0.109. The average molecular weight is 290 g/mol. The van der Waals surface area contributed by atoms with Crippen LogP contribution < -0.4 is 10.2 Å². The van der Waals surface area contributed by atoms with E-state index in [2.05, 4.69) is 62.2 Å². The fraction of sp³-hybridized carbons (Fsp3) is 0.667. The van der Waals surface area contributed by atoms with Crippen molar-refractivity contribution in [1.29, 1.82) is 0 Å². The van der Waals surface area contributed by atoms with Gasteiger partial charge in [-0.25, -0.2) is 0 Å². The quantitative estimate of drug-likeness (QED) is 0.873. The zero-order chi connectivity index (χ0) is 15.4. The summed E-state index contributed by atoms with van der Waals surface area (Å²) in [6.45, 7) is 10.9. The monoisotopic (exact) mass is 290 g/mol. The highest BCUT2D eigenvalue weighted by molar-refractivity contribution is 5.48. The molecule has 0 spiro atoms. The Bertz CT molecular complexity index is 421. The summed E-state index contributed by atoms with van der Waals surface area (Å²) in [6.07, 6.45) is 1.65. The van der Waals surface area contributed by atoms with Gasteiger partial charge in [-0.05, 0) is 50.3 Å². The summed E-state index contributed by atoms with van der Waals surface area (Å²) < 4.78 is 0. The number of piperidine rings is 1. The summed E-state index contributed by atoms with van der Waals surface area (Å²) in [5.74, 6) is 0.645. The fourth-order valence-electron chi connectivity index (χ4n) is 2.78. The predicted octanol–water partition coefficient (Wildman–Crippen LogP) is 3.34. The van der Waals surface area contributed by atoms with E-state index >= 15 is 0 Å². The molecule has 3 nitrogen and oxygen atoms in total. The lowest BCUT2D eigenvalue weighted by molar-refractivity contribution is 0.145. The van der Waals surface area contributed by atoms with Gasteiger partial charge in [-0.15, -0.1) is 0 Å². The predicted molar refractivity (Wildman–Crippen MR) is 89.7 cm³/mol. The molecule has 1 fully saturated rings. The second kappa shape index (κ2) is 7.28. The third-order valence-electron chi connectivity index (χ3n) is 4.74. The van der Waals surface area contributed by atoms with Crippen molar-refractivity contribution in [2.45, 2.75) is 58.7 Å². The van der Waals surface area contributed by atoms with Crippen LogP contribution >= 0.6 is 0 Å². The van der Waals surface area contributed by atoms with Crippen LogP contribution in [0.4, 0.5) is 5.69 Å². The highest BCUT2D eigenvalue weighted by Crippen LogP contribution is 2.23. The number of nitrogens with zero attached hydrogens (tertiary/aromatic N) is 1. The van der Waals surface area contributed by atoms with Crippen LogP contribution in [0.3, 0.4) is 0 Å². The van der Waals surface area contributed by atoms with Crippen molar-refractivity contribution in [2.24, 2.45) is 5.92 Å². The Morgan fingerprint density at radius 3 is 2.14 bits per heavy atom. The lowest BCUT2D eigenvalue weighted by Crippen LogP contribution is -2.35. The SMILES string of the molecule is CC(NC(C)C(C)C)c1ccc(N2CCC(O)CC2)cc1. The average Bonchev–Trinajstić information content (AvgIpc) is 2.48. The van der Waals surface area contributed by atoms with Crippen LogP contribution in [0.15, 0.2) is 24.3 Å². The van der Waals surface area contributed by atoms with Crippen molar-refractivity contribution in [1.82, 2.24) is 5.32 Å². The molecular formula is C18H30N2O. The lowest BCUT2D eigenvalue weighted by Gasteiger charge is -2.31. The largest absolute Gasteiger partial charge is 0.393 e. The number of nitrogens with one attached hydrogen (secondary N) is 1. The molecule has 0 aromatic heterocycles. The van der Waals surface area contributed by atoms with Gasteiger partial charge in [0.25, 0.3) is 0 Å². The van der Waals surface area contributed by atoms with Crippen molar-refractivity contribution >= 4 is 5.69 Å². The molecule has 0 aliphatic carbocycles. The Balaban J connectivity index is 1.95. The van der Waals surface area contributed by atoms with Crippen molar-refractivity contribution in [3.8, 4) is 0 Å². The maximum Gasteiger partial charge on any atom is 0.0574 e. The molecule has 0 radical (unpaired) electrons. The van der Waals surface area contributed by atoms with E-state index in [4.69, 9.17) is 0 Å². The molecule has 2 N–H and O–H groups in total. The first-order valence-corrected chi connectivity index (χ1v) is 8.26. The Morgan fingerprint density at radius 1 is 1.05 bits per heavy atom. The van der Waals surface area contributed by atoms with Gasteiger partial charge in [-0.3, -0.25) is 0 Å². The van der Waals surface area contributed by atoms with Crippen molar-refractivity contribution in [3.63, 3.8) is 0 Å². The summed E-state index contributed by atoms with van der Waals surface area (Å²) in [7, 11) is 0. The second-order valence-electron chi connectivity index (χ2n) is 6.73. The van der Waals surface area contributed by atoms with Crippen LogP contribution in [-0.2, 0) is 0 Å². The summed E-state index contributed by atoms with van der Waals surface area (Å²) in [4.78, 5) is 2.37. The molecule has 118 valence electrons. The van der Waals surface area contributed by atoms with Crippen LogP contribution in [0.5, 0.6) is 0 Å². The minimum absolute atomic E-state index is 0.109. The van der Waals surface area contributed by atoms with Gasteiger partial charge in [-0.2, -0.15) is 0 Å². The van der Waals surface area contributed by atoms with Crippen LogP contribution in [0.2, 0.25) is 0 Å². The van der Waals surface area contributed by atoms with Gasteiger partial charge in [0.1, 0.15) is 0 Å². The summed E-state index contributed by atoms with van der Waals surface area (Å²) in [6, 6.07) is 9.77. The van der Waals surface area contributed by atoms with Gasteiger partial charge in [0.15, 0.2) is 0 Å². The molecule has 2 atom stereocenters. The van der Waals surface area contributed by atoms with Crippen LogP contribution in [0, 0.1) is 5.92 Å². The zero-order valence-corrected chi connectivity index (χ0v) is 13.8. The van der Waals surface area contributed by atoms with E-state index in [-0.39, 0.29) is 6.10 Å². The minimum Gasteiger partial charge on any atom is -0.393 e. The van der Waals surface area contributed by atoms with E-state index in [1.54, 1.807) is 0 Å². The summed E-state index contributed by atoms with van der Waals surface area (Å²) >= 11 is 0. The van der Waals surface area contributed by atoms with Gasteiger partial charge in [0.2, 0.25) is 0 Å². The third kappa shape index (κ3) is 4.45. The Labute approximate surface area is 129 Å². The van der Waals surface area contributed by atoms with E-state index < -0.39 is 0 Å². The third-order valence-corrected chi connectivity index (χ3v) is 4.74. The molecule has 1 aliphatic rings. The van der Waals surface area contributed by atoms with Gasteiger partial charge in [-0.1, -0.05) is 26.0 Å². The summed E-state index contributed by atoms with van der Waals surface area (Å²) in [5.41, 5.74) is 2.61. The number of aliphatic hydroxyl groups is 1. The lowest BCUT2D eigenvalue weighted by atomic mass is 10.0. The molecule has 21 heavy (non-hydrogen) atoms. The maximum atomic E-state index is 9.58. The molecule has 1 aliphatic heterocycles. The van der Waals surface area contributed by atoms with Crippen LogP contribution in [-0.4, -0.2) is 30.3 Å². The molecule has 0 bridgehead atoms. The number of hydrogen-bond acceptors (Lipinski definition) is 3. The normalized spacial score (nSPS) is 19.8. The van der Waals surface area contributed by atoms with E-state index in [1.807, 2.05) is 0 Å². The van der Waals surface area contributed by atoms with Gasteiger partial charge in [0, 0.05) is 30.9 Å². The van der Waals surface area contributed by atoms with Gasteiger partial charge >= 0.3 is 0 Å². The molecule has 0 saturated carbocycles. The smallest absolute Gasteiger partial charge is 0.0574 e. The van der Waals surface area contributed by atoms with Crippen molar-refractivity contribution < 1.29 is 5.11 Å². The Kier molecular flexibility index (Phi) is 5.65. The van der Waals surface area contributed by atoms with Crippen molar-refractivity contribution in [2.75, 3.05) is 18.0 Å². The topological polar surface area (TPSA) is 35.5 Å². The first-order chi connectivity index (χ1) is 9.97. The molecule has 2 rings (SSSR count). The molecule has 1 heterocycles. The highest BCUT2D eigenvalue weighted by atomic mass is 16.3. The fourth-order valence-corrected chi connectivity index (χ4v) is 2.78. The zero-order valence-electron chi connectivity index (χ0n) is 13.8. The van der Waals surface area contributed by atoms with Crippen LogP contribution in [0.25, 0.3) is 0 Å². The van der Waals surface area contributed by atoms with E-state index in [0.717, 1.165) is 25.9 Å². The second-order valence-corrected chi connectivity index (χ2v) is 6.73. The Morgan fingerprint density at radius 2 is 1.62 bits per heavy atom. The van der Waals surface area contributed by atoms with Crippen LogP contribution in [0.1, 0.15) is 52.1 Å². The maximum absolute atomic E-state index is 9.58. The van der Waals surface area contributed by atoms with E-state index in [9.17, 15) is 5.11 Å². The first kappa shape index (κ1) is 16.3. The number of benzene rings is 1. The standard InChI is InChI=1S/C18H30N2O/c1-13(2)14(3)19-15(4)16-5-7-17(8-6-16)20-11-9-18(21)10-12-20/h5-8,13-15,18-19,21H,9-12H2,1-4H3. The molecular weight excluding hydrogens is 260 g/mol. The molecule has 1 saturated heterocycles. The number of aliphatic hydroxyl groups excluding tert-OH is 1. The summed E-state index contributed by atoms with van der Waals surface area (Å²) in [5, 5.41) is 13.2. The number of hydrogen-bond donors (Lipinski definition) is 2. The molecule has 1 aromatic rings. The number of anilines is 1. The Hall–Kier alpha value is -1.06. The molecule has 0 amide bonds.